The van der Waals surface area contributed by atoms with Crippen molar-refractivity contribution >= 4 is 11.8 Å². The lowest BCUT2D eigenvalue weighted by Crippen LogP contribution is -2.29. The summed E-state index contributed by atoms with van der Waals surface area (Å²) in [6.07, 6.45) is 11.7. The third-order valence-electron chi connectivity index (χ3n) is 4.59. The highest BCUT2D eigenvalue weighted by Crippen LogP contribution is 2.42. The third kappa shape index (κ3) is 3.16. The summed E-state index contributed by atoms with van der Waals surface area (Å²) in [5.41, 5.74) is 7.28. The first-order valence-electron chi connectivity index (χ1n) is 7.37. The molecule has 19 heavy (non-hydrogen) atoms. The van der Waals surface area contributed by atoms with E-state index in [1.54, 1.807) is 0 Å². The van der Waals surface area contributed by atoms with Gasteiger partial charge in [-0.3, -0.25) is 0 Å². The zero-order valence-electron chi connectivity index (χ0n) is 12.4. The number of thioether (sulfide) groups is 1. The van der Waals surface area contributed by atoms with Gasteiger partial charge in [-0.2, -0.15) is 11.8 Å². The normalized spacial score (nSPS) is 20.1. The van der Waals surface area contributed by atoms with Crippen molar-refractivity contribution in [1.82, 2.24) is 9.55 Å². The van der Waals surface area contributed by atoms with Crippen LogP contribution in [-0.2, 0) is 6.54 Å². The zero-order chi connectivity index (χ0) is 13.9. The van der Waals surface area contributed by atoms with Gasteiger partial charge in [-0.15, -0.1) is 0 Å². The molecule has 1 aliphatic rings. The molecule has 1 aliphatic carbocycles. The summed E-state index contributed by atoms with van der Waals surface area (Å²) in [6, 6.07) is 0. The predicted molar refractivity (Wildman–Crippen MR) is 83.6 cm³/mol. The maximum Gasteiger partial charge on any atom is 0.0948 e. The second kappa shape index (κ2) is 6.31. The number of hydrogen-bond donors (Lipinski definition) is 1. The van der Waals surface area contributed by atoms with Crippen LogP contribution in [0.5, 0.6) is 0 Å². The fourth-order valence-corrected chi connectivity index (χ4v) is 4.23. The van der Waals surface area contributed by atoms with E-state index >= 15 is 0 Å². The highest BCUT2D eigenvalue weighted by molar-refractivity contribution is 8.00. The average molecular weight is 281 g/mol. The lowest BCUT2D eigenvalue weighted by molar-refractivity contribution is 0.441. The highest BCUT2D eigenvalue weighted by Gasteiger charge is 2.34. The van der Waals surface area contributed by atoms with Crippen molar-refractivity contribution in [2.24, 2.45) is 11.7 Å². The molecule has 0 aromatic carbocycles. The van der Waals surface area contributed by atoms with Crippen LogP contribution in [0.3, 0.4) is 0 Å². The van der Waals surface area contributed by atoms with Crippen LogP contribution < -0.4 is 5.73 Å². The molecule has 0 spiro atoms. The topological polar surface area (TPSA) is 43.8 Å². The van der Waals surface area contributed by atoms with Crippen molar-refractivity contribution in [3.05, 3.63) is 18.2 Å². The minimum absolute atomic E-state index is 0.419. The molecule has 0 bridgehead atoms. The van der Waals surface area contributed by atoms with Gasteiger partial charge in [0, 0.05) is 35.6 Å². The number of aromatic nitrogens is 2. The Kier molecular flexibility index (Phi) is 4.96. The molecule has 4 heteroatoms. The molecule has 2 N–H and O–H groups in total. The lowest BCUT2D eigenvalue weighted by atomic mass is 9.92. The van der Waals surface area contributed by atoms with E-state index in [1.807, 2.05) is 24.3 Å². The first-order valence-corrected chi connectivity index (χ1v) is 8.59. The molecule has 0 radical (unpaired) electrons. The molecule has 1 aromatic heterocycles. The second-order valence-corrected chi connectivity index (χ2v) is 7.40. The Hall–Kier alpha value is -0.480. The third-order valence-corrected chi connectivity index (χ3v) is 5.99. The van der Waals surface area contributed by atoms with Crippen LogP contribution in [-0.4, -0.2) is 27.1 Å². The predicted octanol–water partition coefficient (Wildman–Crippen LogP) is 3.26. The molecule has 1 atom stereocenters. The number of imidazole rings is 1. The molecular formula is C15H27N3S. The number of nitrogens with zero attached hydrogens (tertiary/aromatic N) is 2. The van der Waals surface area contributed by atoms with Gasteiger partial charge in [0.15, 0.2) is 0 Å². The van der Waals surface area contributed by atoms with E-state index in [4.69, 9.17) is 5.73 Å². The summed E-state index contributed by atoms with van der Waals surface area (Å²) in [7, 11) is 0. The van der Waals surface area contributed by atoms with E-state index in [0.29, 0.717) is 23.1 Å². The van der Waals surface area contributed by atoms with E-state index in [1.165, 1.54) is 31.4 Å². The van der Waals surface area contributed by atoms with Gasteiger partial charge in [-0.05, 0) is 25.0 Å². The van der Waals surface area contributed by atoms with Crippen LogP contribution in [0.25, 0.3) is 0 Å². The van der Waals surface area contributed by atoms with Gasteiger partial charge in [0.1, 0.15) is 0 Å². The summed E-state index contributed by atoms with van der Waals surface area (Å²) < 4.78 is 2.78. The maximum atomic E-state index is 5.96. The molecular weight excluding hydrogens is 254 g/mol. The van der Waals surface area contributed by atoms with Gasteiger partial charge in [0.25, 0.3) is 0 Å². The Morgan fingerprint density at radius 3 is 2.63 bits per heavy atom. The van der Waals surface area contributed by atoms with Gasteiger partial charge in [0.05, 0.1) is 6.33 Å². The first kappa shape index (κ1) is 14.9. The molecule has 0 saturated heterocycles. The van der Waals surface area contributed by atoms with Gasteiger partial charge in [0.2, 0.25) is 0 Å². The minimum Gasteiger partial charge on any atom is -0.333 e. The SMILES string of the molecule is CSC1(Cn2cncc2C(CN)C(C)C)CCCC1. The van der Waals surface area contributed by atoms with E-state index in [2.05, 4.69) is 29.7 Å². The highest BCUT2D eigenvalue weighted by atomic mass is 32.2. The number of nitrogens with two attached hydrogens (primary N) is 1. The summed E-state index contributed by atoms with van der Waals surface area (Å²) in [5, 5.41) is 0. The van der Waals surface area contributed by atoms with Crippen molar-refractivity contribution in [3.8, 4) is 0 Å². The molecule has 108 valence electrons. The second-order valence-electron chi connectivity index (χ2n) is 6.13. The average Bonchev–Trinajstić information content (AvgIpc) is 3.01. The van der Waals surface area contributed by atoms with Gasteiger partial charge in [-0.25, -0.2) is 4.98 Å². The fraction of sp³-hybridized carbons (Fsp3) is 0.800. The molecule has 2 rings (SSSR count). The van der Waals surface area contributed by atoms with Crippen molar-refractivity contribution in [3.63, 3.8) is 0 Å². The standard InChI is InChI=1S/C15H27N3S/c1-12(2)13(8-16)14-9-17-11-18(14)10-15(19-3)6-4-5-7-15/h9,11-13H,4-8,10,16H2,1-3H3. The van der Waals surface area contributed by atoms with Crippen LogP contribution in [0.4, 0.5) is 0 Å². The van der Waals surface area contributed by atoms with Crippen LogP contribution in [0.15, 0.2) is 12.5 Å². The molecule has 1 heterocycles. The van der Waals surface area contributed by atoms with Gasteiger partial charge < -0.3 is 10.3 Å². The zero-order valence-corrected chi connectivity index (χ0v) is 13.2. The van der Waals surface area contributed by atoms with E-state index in [9.17, 15) is 0 Å². The molecule has 1 saturated carbocycles. The van der Waals surface area contributed by atoms with Crippen LogP contribution in [0.1, 0.15) is 51.1 Å². The Balaban J connectivity index is 2.19. The largest absolute Gasteiger partial charge is 0.333 e. The van der Waals surface area contributed by atoms with Gasteiger partial charge in [-0.1, -0.05) is 26.7 Å². The first-order chi connectivity index (χ1) is 9.12. The summed E-state index contributed by atoms with van der Waals surface area (Å²) in [6.45, 7) is 6.28. The quantitative estimate of drug-likeness (QED) is 0.870. The monoisotopic (exact) mass is 281 g/mol. The van der Waals surface area contributed by atoms with E-state index in [-0.39, 0.29) is 0 Å². The minimum atomic E-state index is 0.419. The smallest absolute Gasteiger partial charge is 0.0948 e. The molecule has 1 aromatic rings. The number of rotatable bonds is 6. The Morgan fingerprint density at radius 1 is 1.42 bits per heavy atom. The molecule has 3 nitrogen and oxygen atoms in total. The van der Waals surface area contributed by atoms with Crippen molar-refractivity contribution in [2.75, 3.05) is 12.8 Å². The molecule has 1 fully saturated rings. The van der Waals surface area contributed by atoms with E-state index < -0.39 is 0 Å². The van der Waals surface area contributed by atoms with Crippen molar-refractivity contribution < 1.29 is 0 Å². The Bertz CT molecular complexity index is 394. The van der Waals surface area contributed by atoms with E-state index in [0.717, 1.165) is 6.54 Å². The van der Waals surface area contributed by atoms with Crippen molar-refractivity contribution in [1.29, 1.82) is 0 Å². The number of hydrogen-bond acceptors (Lipinski definition) is 3. The maximum absolute atomic E-state index is 5.96. The molecule has 1 unspecified atom stereocenters. The van der Waals surface area contributed by atoms with Gasteiger partial charge >= 0.3 is 0 Å². The van der Waals surface area contributed by atoms with Crippen LogP contribution in [0.2, 0.25) is 0 Å². The molecule has 0 amide bonds. The summed E-state index contributed by atoms with van der Waals surface area (Å²) >= 11 is 2.03. The van der Waals surface area contributed by atoms with Crippen LogP contribution in [0, 0.1) is 5.92 Å². The van der Waals surface area contributed by atoms with Crippen molar-refractivity contribution in [2.45, 2.75) is 56.7 Å². The Morgan fingerprint density at radius 2 is 2.11 bits per heavy atom. The van der Waals surface area contributed by atoms with Crippen LogP contribution >= 0.6 is 11.8 Å². The lowest BCUT2D eigenvalue weighted by Gasteiger charge is -2.30. The molecule has 0 aliphatic heterocycles. The summed E-state index contributed by atoms with van der Waals surface area (Å²) in [4.78, 5) is 4.38. The fourth-order valence-electron chi connectivity index (χ4n) is 3.26. The summed E-state index contributed by atoms with van der Waals surface area (Å²) in [5.74, 6) is 0.983. The Labute approximate surface area is 121 Å².